The lowest BCUT2D eigenvalue weighted by atomic mass is 10.0. The summed E-state index contributed by atoms with van der Waals surface area (Å²) in [4.78, 5) is 92.5. The number of phenolic OH excluding ortho intramolecular Hbond substituents is 12. The Hall–Kier alpha value is -9.27. The molecule has 0 bridgehead atoms. The predicted octanol–water partition coefficient (Wildman–Crippen LogP) is 0.0976. The van der Waals surface area contributed by atoms with E-state index in [-0.39, 0.29) is 113 Å². The van der Waals surface area contributed by atoms with Gasteiger partial charge in [0.05, 0.1) is 0 Å². The Morgan fingerprint density at radius 3 is 0.893 bits per heavy atom. The fourth-order valence-electron chi connectivity index (χ4n) is 7.18. The monoisotopic (exact) mass is 1050 g/mol. The van der Waals surface area contributed by atoms with Gasteiger partial charge in [0.15, 0.2) is 69.0 Å². The summed E-state index contributed by atoms with van der Waals surface area (Å²) in [5.74, 6) is -15.1. The van der Waals surface area contributed by atoms with Crippen LogP contribution in [0.4, 0.5) is 0 Å². The Labute approximate surface area is 426 Å². The van der Waals surface area contributed by atoms with E-state index in [9.17, 15) is 94.8 Å². The van der Waals surface area contributed by atoms with Gasteiger partial charge in [0.1, 0.15) is 18.1 Å². The third-order valence-electron chi connectivity index (χ3n) is 11.3. The molecule has 4 rings (SSSR count). The summed E-state index contributed by atoms with van der Waals surface area (Å²) in [6, 6.07) is 3.27. The lowest BCUT2D eigenvalue weighted by Crippen LogP contribution is -2.54. The third-order valence-corrected chi connectivity index (χ3v) is 11.3. The van der Waals surface area contributed by atoms with E-state index in [1.807, 2.05) is 0 Å². The summed E-state index contributed by atoms with van der Waals surface area (Å²) in [6.07, 6.45) is 1.03. The van der Waals surface area contributed by atoms with E-state index in [0.717, 1.165) is 48.5 Å². The number of hydrogen-bond acceptors (Lipinski definition) is 20. The molecule has 4 aromatic carbocycles. The number of hydrogen-bond donors (Lipinski definition) is 20. The normalized spacial score (nSPS) is 12.1. The van der Waals surface area contributed by atoms with Crippen molar-refractivity contribution in [3.05, 3.63) is 70.8 Å². The van der Waals surface area contributed by atoms with Gasteiger partial charge in [-0.2, -0.15) is 0 Å². The molecule has 0 saturated heterocycles. The first kappa shape index (κ1) is 58.3. The number of nitrogens with two attached hydrogens (primary N) is 1. The van der Waals surface area contributed by atoms with Crippen LogP contribution < -0.4 is 43.0 Å². The van der Waals surface area contributed by atoms with Crippen molar-refractivity contribution in [3.63, 3.8) is 0 Å². The predicted molar refractivity (Wildman–Crippen MR) is 261 cm³/mol. The third kappa shape index (κ3) is 16.9. The smallest absolute Gasteiger partial charge is 0.252 e. The zero-order valence-electron chi connectivity index (χ0n) is 40.1. The fourth-order valence-corrected chi connectivity index (χ4v) is 7.18. The summed E-state index contributed by atoms with van der Waals surface area (Å²) in [6.45, 7) is 0.0431. The van der Waals surface area contributed by atoms with Crippen molar-refractivity contribution < 1.29 is 94.8 Å². The molecule has 0 spiro atoms. The molecule has 406 valence electrons. The molecule has 0 aliphatic rings. The average molecular weight is 1050 g/mol. The quantitative estimate of drug-likeness (QED) is 0.0278. The van der Waals surface area contributed by atoms with Gasteiger partial charge in [-0.15, -0.1) is 0 Å². The van der Waals surface area contributed by atoms with Gasteiger partial charge >= 0.3 is 0 Å². The lowest BCUT2D eigenvalue weighted by molar-refractivity contribution is -0.130. The average Bonchev–Trinajstić information content (AvgIpc) is 3.37. The fraction of sp³-hybridized carbons (Fsp3) is 0.354. The number of carbonyl (C=O) groups is 7. The van der Waals surface area contributed by atoms with Crippen molar-refractivity contribution in [2.24, 2.45) is 5.73 Å². The van der Waals surface area contributed by atoms with Crippen LogP contribution in [-0.2, 0) is 14.4 Å². The lowest BCUT2D eigenvalue weighted by Gasteiger charge is -2.24. The first-order valence-electron chi connectivity index (χ1n) is 23.3. The van der Waals surface area contributed by atoms with Gasteiger partial charge < -0.3 is 104 Å². The van der Waals surface area contributed by atoms with Gasteiger partial charge in [-0.05, 0) is 106 Å². The van der Waals surface area contributed by atoms with Gasteiger partial charge in [0.2, 0.25) is 17.7 Å². The van der Waals surface area contributed by atoms with Crippen LogP contribution in [-0.4, -0.2) is 153 Å². The van der Waals surface area contributed by atoms with Crippen molar-refractivity contribution >= 4 is 41.4 Å². The minimum absolute atomic E-state index is 0.00611. The standard InChI is InChI=1S/C48H60N8O19/c49-10-14-53-47(74)28(56-48(75)29(55-45(72)26-21-36(63)41(68)37(64)22-26)9-3-5-12-51-43(70)24-17-32(59)39(66)33(60)18-24)8-2-6-13-52-46(73)27(54-44(71)25-19-34(61)40(67)35(62)20-25)7-1-4-11-50-42(69)23-15-30(57)38(65)31(58)16-23/h15-22,27-29,57-68H,1-14,49H2,(H,50,69)(H,51,70)(H,52,73)(H,53,74)(H,54,71)(H,55,72)(H,56,75). The molecule has 27 heteroatoms. The topological polar surface area (TPSA) is 472 Å². The van der Waals surface area contributed by atoms with E-state index in [2.05, 4.69) is 37.2 Å². The number of unbranched alkanes of at least 4 members (excludes halogenated alkanes) is 3. The van der Waals surface area contributed by atoms with Crippen LogP contribution in [0.1, 0.15) is 99.2 Å². The van der Waals surface area contributed by atoms with E-state index >= 15 is 0 Å². The number of benzene rings is 4. The molecule has 0 radical (unpaired) electrons. The number of amides is 7. The Morgan fingerprint density at radius 2 is 0.587 bits per heavy atom. The van der Waals surface area contributed by atoms with Crippen molar-refractivity contribution in [3.8, 4) is 69.0 Å². The minimum Gasteiger partial charge on any atom is -0.504 e. The summed E-state index contributed by atoms with van der Waals surface area (Å²) in [5, 5.41) is 136. The van der Waals surface area contributed by atoms with Crippen LogP contribution in [0.15, 0.2) is 48.5 Å². The zero-order chi connectivity index (χ0) is 55.5. The first-order chi connectivity index (χ1) is 35.5. The maximum absolute atomic E-state index is 13.9. The Morgan fingerprint density at radius 1 is 0.333 bits per heavy atom. The molecule has 0 saturated carbocycles. The molecule has 0 aliphatic heterocycles. The van der Waals surface area contributed by atoms with Crippen LogP contribution >= 0.6 is 0 Å². The number of rotatable bonds is 27. The molecule has 0 aliphatic carbocycles. The van der Waals surface area contributed by atoms with Crippen LogP contribution in [0, 0.1) is 0 Å². The van der Waals surface area contributed by atoms with Crippen molar-refractivity contribution in [1.29, 1.82) is 0 Å². The maximum atomic E-state index is 13.9. The molecule has 3 unspecified atom stereocenters. The van der Waals surface area contributed by atoms with Crippen LogP contribution in [0.5, 0.6) is 69.0 Å². The van der Waals surface area contributed by atoms with Crippen molar-refractivity contribution in [2.75, 3.05) is 32.7 Å². The molecule has 27 nitrogen and oxygen atoms in total. The van der Waals surface area contributed by atoms with Gasteiger partial charge in [-0.1, -0.05) is 0 Å². The second kappa shape index (κ2) is 27.5. The number of aromatic hydroxyl groups is 12. The van der Waals surface area contributed by atoms with Gasteiger partial charge in [-0.3, -0.25) is 33.6 Å². The Kier molecular flexibility index (Phi) is 21.4. The minimum atomic E-state index is -1.39. The highest BCUT2D eigenvalue weighted by atomic mass is 16.3. The second-order valence-corrected chi connectivity index (χ2v) is 16.9. The van der Waals surface area contributed by atoms with Crippen LogP contribution in [0.2, 0.25) is 0 Å². The summed E-state index contributed by atoms with van der Waals surface area (Å²) in [7, 11) is 0. The van der Waals surface area contributed by atoms with Gasteiger partial charge in [0, 0.05) is 55.0 Å². The molecule has 4 aromatic rings. The van der Waals surface area contributed by atoms with E-state index in [0.29, 0.717) is 0 Å². The van der Waals surface area contributed by atoms with Crippen LogP contribution in [0.3, 0.4) is 0 Å². The summed E-state index contributed by atoms with van der Waals surface area (Å²) in [5.41, 5.74) is 4.60. The van der Waals surface area contributed by atoms with E-state index in [4.69, 9.17) is 5.73 Å². The Balaban J connectivity index is 1.40. The number of carbonyl (C=O) groups excluding carboxylic acids is 7. The molecule has 21 N–H and O–H groups in total. The van der Waals surface area contributed by atoms with Crippen molar-refractivity contribution in [1.82, 2.24) is 37.2 Å². The van der Waals surface area contributed by atoms with E-state index in [1.165, 1.54) is 0 Å². The summed E-state index contributed by atoms with van der Waals surface area (Å²) >= 11 is 0. The SMILES string of the molecule is NCCNC(=O)C(CCCCNC(=O)C(CCCCNC(=O)c1cc(O)c(O)c(O)c1)NC(=O)c1cc(O)c(O)c(O)c1)NC(=O)C(CCCCNC(=O)c1cc(O)c(O)c(O)c1)NC(=O)c1cc(O)c(O)c(O)c1. The second-order valence-electron chi connectivity index (χ2n) is 16.9. The molecule has 0 fully saturated rings. The highest BCUT2D eigenvalue weighted by Crippen LogP contribution is 2.38. The van der Waals surface area contributed by atoms with Crippen molar-refractivity contribution in [2.45, 2.75) is 75.9 Å². The molecular weight excluding hydrogens is 993 g/mol. The molecular formula is C48H60N8O19. The van der Waals surface area contributed by atoms with Crippen LogP contribution in [0.25, 0.3) is 0 Å². The number of nitrogens with one attached hydrogen (secondary N) is 7. The number of phenols is 12. The highest BCUT2D eigenvalue weighted by Gasteiger charge is 2.28. The van der Waals surface area contributed by atoms with Gasteiger partial charge in [0.25, 0.3) is 23.6 Å². The first-order valence-corrected chi connectivity index (χ1v) is 23.3. The van der Waals surface area contributed by atoms with E-state index < -0.39 is 128 Å². The molecule has 0 heterocycles. The molecule has 7 amide bonds. The summed E-state index contributed by atoms with van der Waals surface area (Å²) < 4.78 is 0. The van der Waals surface area contributed by atoms with E-state index in [1.54, 1.807) is 0 Å². The Bertz CT molecular complexity index is 2650. The maximum Gasteiger partial charge on any atom is 0.252 e. The zero-order valence-corrected chi connectivity index (χ0v) is 40.1. The largest absolute Gasteiger partial charge is 0.504 e. The molecule has 3 atom stereocenters. The van der Waals surface area contributed by atoms with Gasteiger partial charge in [-0.25, -0.2) is 0 Å². The molecule has 75 heavy (non-hydrogen) atoms. The highest BCUT2D eigenvalue weighted by molar-refractivity contribution is 6.00. The molecule has 0 aromatic heterocycles.